The van der Waals surface area contributed by atoms with Crippen molar-refractivity contribution in [1.82, 2.24) is 4.90 Å². The molecule has 1 amide bonds. The van der Waals surface area contributed by atoms with Crippen LogP contribution in [0.25, 0.3) is 0 Å². The molecule has 146 valence electrons. The van der Waals surface area contributed by atoms with E-state index >= 15 is 0 Å². The molecule has 28 heavy (non-hydrogen) atoms. The summed E-state index contributed by atoms with van der Waals surface area (Å²) >= 11 is 0. The Morgan fingerprint density at radius 2 is 1.89 bits per heavy atom. The highest BCUT2D eigenvalue weighted by molar-refractivity contribution is 5.95. The van der Waals surface area contributed by atoms with E-state index in [-0.39, 0.29) is 5.91 Å². The van der Waals surface area contributed by atoms with Crippen molar-refractivity contribution in [2.24, 2.45) is 0 Å². The molecule has 0 atom stereocenters. The second kappa shape index (κ2) is 10.8. The third-order valence-corrected chi connectivity index (χ3v) is 4.05. The van der Waals surface area contributed by atoms with E-state index in [1.54, 1.807) is 41.3 Å². The van der Waals surface area contributed by atoms with E-state index in [1.165, 1.54) is 0 Å². The standard InChI is InChI=1S/C23H26N2O3/c1-4-13-25(17-19-9-7-18(16-24)8-10-19)23(26)20-11-12-21(28-14-5-2)22(15-20)27-6-3/h4,7-12,15H,1,5-6,13-14,17H2,2-3H3. The van der Waals surface area contributed by atoms with Crippen LogP contribution in [0, 0.1) is 11.3 Å². The van der Waals surface area contributed by atoms with Crippen LogP contribution in [-0.2, 0) is 6.54 Å². The molecule has 0 spiro atoms. The third kappa shape index (κ3) is 5.62. The quantitative estimate of drug-likeness (QED) is 0.568. The highest BCUT2D eigenvalue weighted by Crippen LogP contribution is 2.29. The molecule has 2 aromatic rings. The molecular formula is C23H26N2O3. The molecule has 0 aliphatic carbocycles. The molecule has 0 saturated heterocycles. The van der Waals surface area contributed by atoms with Crippen molar-refractivity contribution in [3.63, 3.8) is 0 Å². The van der Waals surface area contributed by atoms with E-state index in [2.05, 4.69) is 12.6 Å². The molecule has 0 heterocycles. The van der Waals surface area contributed by atoms with E-state index in [1.807, 2.05) is 26.0 Å². The van der Waals surface area contributed by atoms with Gasteiger partial charge >= 0.3 is 0 Å². The lowest BCUT2D eigenvalue weighted by Gasteiger charge is -2.22. The van der Waals surface area contributed by atoms with E-state index in [0.717, 1.165) is 12.0 Å². The van der Waals surface area contributed by atoms with Crippen molar-refractivity contribution < 1.29 is 14.3 Å². The van der Waals surface area contributed by atoms with Crippen LogP contribution in [0.1, 0.15) is 41.8 Å². The summed E-state index contributed by atoms with van der Waals surface area (Å²) < 4.78 is 11.4. The van der Waals surface area contributed by atoms with Crippen LogP contribution >= 0.6 is 0 Å². The van der Waals surface area contributed by atoms with E-state index in [4.69, 9.17) is 14.7 Å². The molecule has 0 N–H and O–H groups in total. The fourth-order valence-corrected chi connectivity index (χ4v) is 2.70. The summed E-state index contributed by atoms with van der Waals surface area (Å²) in [4.78, 5) is 14.8. The van der Waals surface area contributed by atoms with Gasteiger partial charge in [0.15, 0.2) is 11.5 Å². The normalized spacial score (nSPS) is 10.0. The molecule has 0 aliphatic heterocycles. The molecule has 0 bridgehead atoms. The molecule has 5 nitrogen and oxygen atoms in total. The lowest BCUT2D eigenvalue weighted by Crippen LogP contribution is -2.30. The van der Waals surface area contributed by atoms with Crippen molar-refractivity contribution in [2.75, 3.05) is 19.8 Å². The number of ether oxygens (including phenoxy) is 2. The molecule has 0 saturated carbocycles. The lowest BCUT2D eigenvalue weighted by molar-refractivity contribution is 0.0762. The minimum atomic E-state index is -0.118. The zero-order chi connectivity index (χ0) is 20.4. The molecule has 0 aliphatic rings. The Morgan fingerprint density at radius 1 is 1.14 bits per heavy atom. The number of carbonyl (C=O) groups is 1. The number of carbonyl (C=O) groups excluding carboxylic acids is 1. The summed E-state index contributed by atoms with van der Waals surface area (Å²) in [6.07, 6.45) is 2.59. The maximum absolute atomic E-state index is 13.1. The second-order valence-corrected chi connectivity index (χ2v) is 6.23. The van der Waals surface area contributed by atoms with Gasteiger partial charge in [-0.2, -0.15) is 5.26 Å². The highest BCUT2D eigenvalue weighted by atomic mass is 16.5. The van der Waals surface area contributed by atoms with Gasteiger partial charge in [-0.25, -0.2) is 0 Å². The minimum Gasteiger partial charge on any atom is -0.490 e. The Labute approximate surface area is 166 Å². The molecule has 2 aromatic carbocycles. The summed E-state index contributed by atoms with van der Waals surface area (Å²) in [7, 11) is 0. The molecule has 2 rings (SSSR count). The number of hydrogen-bond donors (Lipinski definition) is 0. The maximum Gasteiger partial charge on any atom is 0.254 e. The van der Waals surface area contributed by atoms with Gasteiger partial charge in [0.25, 0.3) is 5.91 Å². The predicted molar refractivity (Wildman–Crippen MR) is 109 cm³/mol. The maximum atomic E-state index is 13.1. The monoisotopic (exact) mass is 378 g/mol. The van der Waals surface area contributed by atoms with Crippen molar-refractivity contribution in [3.05, 3.63) is 71.8 Å². The lowest BCUT2D eigenvalue weighted by atomic mass is 10.1. The third-order valence-electron chi connectivity index (χ3n) is 4.05. The summed E-state index contributed by atoms with van der Waals surface area (Å²) in [5.41, 5.74) is 2.07. The van der Waals surface area contributed by atoms with Gasteiger partial charge in [-0.3, -0.25) is 4.79 Å². The van der Waals surface area contributed by atoms with Crippen LogP contribution in [0.4, 0.5) is 0 Å². The van der Waals surface area contributed by atoms with Crippen molar-refractivity contribution >= 4 is 5.91 Å². The van der Waals surface area contributed by atoms with Gasteiger partial charge < -0.3 is 14.4 Å². The van der Waals surface area contributed by atoms with Crippen LogP contribution in [0.15, 0.2) is 55.1 Å². The predicted octanol–water partition coefficient (Wildman–Crippen LogP) is 4.57. The Kier molecular flexibility index (Phi) is 8.11. The number of nitrogens with zero attached hydrogens (tertiary/aromatic N) is 2. The molecule has 0 unspecified atom stereocenters. The van der Waals surface area contributed by atoms with Crippen LogP contribution in [0.2, 0.25) is 0 Å². The minimum absolute atomic E-state index is 0.118. The summed E-state index contributed by atoms with van der Waals surface area (Å²) in [5, 5.41) is 8.93. The molecule has 0 radical (unpaired) electrons. The molecule has 0 aromatic heterocycles. The zero-order valence-corrected chi connectivity index (χ0v) is 16.5. The number of hydrogen-bond acceptors (Lipinski definition) is 4. The van der Waals surface area contributed by atoms with Gasteiger partial charge in [0, 0.05) is 18.7 Å². The van der Waals surface area contributed by atoms with Crippen molar-refractivity contribution in [1.29, 1.82) is 5.26 Å². The average Bonchev–Trinajstić information content (AvgIpc) is 2.72. The molecular weight excluding hydrogens is 352 g/mol. The second-order valence-electron chi connectivity index (χ2n) is 6.23. The summed E-state index contributed by atoms with van der Waals surface area (Å²) in [6.45, 7) is 9.61. The molecule has 5 heteroatoms. The van der Waals surface area contributed by atoms with Crippen molar-refractivity contribution in [3.8, 4) is 17.6 Å². The van der Waals surface area contributed by atoms with E-state index in [0.29, 0.717) is 48.9 Å². The van der Waals surface area contributed by atoms with E-state index < -0.39 is 0 Å². The fourth-order valence-electron chi connectivity index (χ4n) is 2.70. The van der Waals surface area contributed by atoms with Gasteiger partial charge in [0.2, 0.25) is 0 Å². The first-order valence-corrected chi connectivity index (χ1v) is 9.41. The number of benzene rings is 2. The van der Waals surface area contributed by atoms with E-state index in [9.17, 15) is 4.79 Å². The highest BCUT2D eigenvalue weighted by Gasteiger charge is 2.18. The average molecular weight is 378 g/mol. The van der Waals surface area contributed by atoms with Gasteiger partial charge in [-0.1, -0.05) is 25.1 Å². The number of amides is 1. The SMILES string of the molecule is C=CCN(Cc1ccc(C#N)cc1)C(=O)c1ccc(OCCC)c(OCC)c1. The number of rotatable bonds is 10. The van der Waals surface area contributed by atoms with Crippen molar-refractivity contribution in [2.45, 2.75) is 26.8 Å². The summed E-state index contributed by atoms with van der Waals surface area (Å²) in [5.74, 6) is 1.09. The van der Waals surface area contributed by atoms with Crippen LogP contribution in [0.5, 0.6) is 11.5 Å². The van der Waals surface area contributed by atoms with Crippen LogP contribution < -0.4 is 9.47 Å². The Hall–Kier alpha value is -3.26. The Bertz CT molecular complexity index is 838. The fraction of sp³-hybridized carbons (Fsp3) is 0.304. The van der Waals surface area contributed by atoms with Crippen LogP contribution in [0.3, 0.4) is 0 Å². The first-order valence-electron chi connectivity index (χ1n) is 9.41. The Balaban J connectivity index is 2.24. The van der Waals surface area contributed by atoms with Crippen LogP contribution in [-0.4, -0.2) is 30.6 Å². The topological polar surface area (TPSA) is 62.6 Å². The smallest absolute Gasteiger partial charge is 0.254 e. The van der Waals surface area contributed by atoms with Gasteiger partial charge in [0.1, 0.15) is 0 Å². The van der Waals surface area contributed by atoms with Gasteiger partial charge in [-0.15, -0.1) is 6.58 Å². The Morgan fingerprint density at radius 3 is 2.50 bits per heavy atom. The number of nitriles is 1. The van der Waals surface area contributed by atoms with Gasteiger partial charge in [-0.05, 0) is 49.2 Å². The first-order chi connectivity index (χ1) is 13.6. The van der Waals surface area contributed by atoms with Gasteiger partial charge in [0.05, 0.1) is 24.8 Å². The zero-order valence-electron chi connectivity index (χ0n) is 16.5. The molecule has 0 fully saturated rings. The summed E-state index contributed by atoms with van der Waals surface area (Å²) in [6, 6.07) is 14.6. The largest absolute Gasteiger partial charge is 0.490 e. The first kappa shape index (κ1) is 21.0.